The minimum atomic E-state index is -2.87. The normalized spacial score (nSPS) is 10.9. The zero-order chi connectivity index (χ0) is 27.9. The highest BCUT2D eigenvalue weighted by Crippen LogP contribution is 2.42. The number of carbonyl (C=O) groups is 1. The number of thiophene rings is 1. The molecule has 0 bridgehead atoms. The third-order valence-corrected chi connectivity index (χ3v) is 7.22. The monoisotopic (exact) mass is 576 g/mol. The van der Waals surface area contributed by atoms with Crippen LogP contribution in [0.4, 0.5) is 8.78 Å². The smallest absolute Gasteiger partial charge is 0.387 e. The molecule has 5 aromatic rings. The minimum Gasteiger partial charge on any atom is -0.488 e. The number of carbonyl (C=O) groups excluding carboxylic acids is 1. The van der Waals surface area contributed by atoms with Gasteiger partial charge in [0.15, 0.2) is 0 Å². The Labute approximate surface area is 239 Å². The Hall–Kier alpha value is -4.27. The van der Waals surface area contributed by atoms with E-state index in [1.807, 2.05) is 47.8 Å². The molecule has 0 spiro atoms. The Balaban J connectivity index is 1.32. The number of nitrogens with one attached hydrogen (secondary N) is 1. The largest absolute Gasteiger partial charge is 0.488 e. The number of benzene rings is 3. The SMILES string of the molecule is O=C(NCc1cccnc1)c1ccc(-c2sccc2-c2cc(Cl)ccc2OCc2ccc(OC(F)F)cc2)cc1. The molecule has 9 heteroatoms. The molecular formula is C31H23ClF2N2O3S. The number of halogens is 3. The van der Waals surface area contributed by atoms with Gasteiger partial charge in [0.2, 0.25) is 0 Å². The van der Waals surface area contributed by atoms with E-state index in [2.05, 4.69) is 15.0 Å². The summed E-state index contributed by atoms with van der Waals surface area (Å²) in [6.45, 7) is -2.25. The maximum atomic E-state index is 12.6. The highest BCUT2D eigenvalue weighted by Gasteiger charge is 2.16. The molecule has 2 aromatic heterocycles. The lowest BCUT2D eigenvalue weighted by molar-refractivity contribution is -0.0498. The van der Waals surface area contributed by atoms with Crippen LogP contribution >= 0.6 is 22.9 Å². The number of ether oxygens (including phenoxy) is 2. The summed E-state index contributed by atoms with van der Waals surface area (Å²) in [5.74, 6) is 0.551. The lowest BCUT2D eigenvalue weighted by atomic mass is 10.0. The highest BCUT2D eigenvalue weighted by atomic mass is 35.5. The van der Waals surface area contributed by atoms with Crippen molar-refractivity contribution in [2.45, 2.75) is 19.8 Å². The summed E-state index contributed by atoms with van der Waals surface area (Å²) in [5.41, 5.74) is 4.99. The van der Waals surface area contributed by atoms with Crippen LogP contribution < -0.4 is 14.8 Å². The summed E-state index contributed by atoms with van der Waals surface area (Å²) < 4.78 is 35.4. The summed E-state index contributed by atoms with van der Waals surface area (Å²) in [6.07, 6.45) is 3.41. The van der Waals surface area contributed by atoms with Crippen molar-refractivity contribution in [1.29, 1.82) is 0 Å². The average Bonchev–Trinajstić information content (AvgIpc) is 3.46. The number of hydrogen-bond acceptors (Lipinski definition) is 5. The number of aromatic nitrogens is 1. The van der Waals surface area contributed by atoms with Gasteiger partial charge in [-0.15, -0.1) is 11.3 Å². The van der Waals surface area contributed by atoms with Gasteiger partial charge in [-0.2, -0.15) is 8.78 Å². The molecule has 5 rings (SSSR count). The molecule has 0 aliphatic rings. The van der Waals surface area contributed by atoms with Crippen LogP contribution in [0.15, 0.2) is 103 Å². The van der Waals surface area contributed by atoms with Gasteiger partial charge in [-0.05, 0) is 76.7 Å². The zero-order valence-electron chi connectivity index (χ0n) is 21.0. The molecule has 202 valence electrons. The molecule has 1 amide bonds. The first-order valence-corrected chi connectivity index (χ1v) is 13.5. The van der Waals surface area contributed by atoms with Gasteiger partial charge >= 0.3 is 6.61 Å². The van der Waals surface area contributed by atoms with E-state index in [0.717, 1.165) is 32.7 Å². The molecule has 2 heterocycles. The van der Waals surface area contributed by atoms with Crippen molar-refractivity contribution < 1.29 is 23.0 Å². The Morgan fingerprint density at radius 3 is 2.48 bits per heavy atom. The standard InChI is InChI=1S/C31H23ClF2N2O3S/c32-24-9-12-28(38-19-20-3-10-25(11-4-20)39-31(33)34)27(16-24)26-13-15-40-29(26)22-5-7-23(8-6-22)30(37)36-18-21-2-1-14-35-17-21/h1-17,31H,18-19H2,(H,36,37). The van der Waals surface area contributed by atoms with Crippen LogP contribution in [-0.4, -0.2) is 17.5 Å². The molecule has 0 atom stereocenters. The summed E-state index contributed by atoms with van der Waals surface area (Å²) in [5, 5.41) is 5.47. The van der Waals surface area contributed by atoms with Crippen molar-refractivity contribution in [1.82, 2.24) is 10.3 Å². The predicted octanol–water partition coefficient (Wildman–Crippen LogP) is 8.24. The summed E-state index contributed by atoms with van der Waals surface area (Å²) in [7, 11) is 0. The Morgan fingerprint density at radius 2 is 1.75 bits per heavy atom. The van der Waals surface area contributed by atoms with Gasteiger partial charge in [0, 0.05) is 45.5 Å². The fourth-order valence-electron chi connectivity index (χ4n) is 4.07. The molecule has 1 N–H and O–H groups in total. The second-order valence-electron chi connectivity index (χ2n) is 8.74. The number of rotatable bonds is 10. The maximum absolute atomic E-state index is 12.6. The van der Waals surface area contributed by atoms with Crippen molar-refractivity contribution in [3.05, 3.63) is 124 Å². The molecule has 0 saturated heterocycles. The molecule has 0 radical (unpaired) electrons. The zero-order valence-corrected chi connectivity index (χ0v) is 22.6. The van der Waals surface area contributed by atoms with Crippen LogP contribution in [-0.2, 0) is 13.2 Å². The van der Waals surface area contributed by atoms with Gasteiger partial charge in [-0.25, -0.2) is 0 Å². The molecule has 0 aliphatic heterocycles. The Bertz CT molecular complexity index is 1580. The van der Waals surface area contributed by atoms with E-state index < -0.39 is 6.61 Å². The first kappa shape index (κ1) is 27.3. The third kappa shape index (κ3) is 6.83. The first-order chi connectivity index (χ1) is 19.5. The molecule has 0 fully saturated rings. The van der Waals surface area contributed by atoms with Crippen LogP contribution in [0.2, 0.25) is 5.02 Å². The average molecular weight is 577 g/mol. The van der Waals surface area contributed by atoms with Crippen molar-refractivity contribution in [3.8, 4) is 33.1 Å². The van der Waals surface area contributed by atoms with Crippen LogP contribution in [0.1, 0.15) is 21.5 Å². The lowest BCUT2D eigenvalue weighted by Gasteiger charge is -2.14. The summed E-state index contributed by atoms with van der Waals surface area (Å²) in [6, 6.07) is 24.9. The lowest BCUT2D eigenvalue weighted by Crippen LogP contribution is -2.22. The second-order valence-corrected chi connectivity index (χ2v) is 10.1. The van der Waals surface area contributed by atoms with E-state index in [4.69, 9.17) is 16.3 Å². The van der Waals surface area contributed by atoms with Gasteiger partial charge in [-0.1, -0.05) is 41.9 Å². The van der Waals surface area contributed by atoms with Crippen LogP contribution in [0.25, 0.3) is 21.6 Å². The Morgan fingerprint density at radius 1 is 0.950 bits per heavy atom. The van der Waals surface area contributed by atoms with Gasteiger partial charge in [-0.3, -0.25) is 9.78 Å². The van der Waals surface area contributed by atoms with E-state index in [9.17, 15) is 13.6 Å². The van der Waals surface area contributed by atoms with E-state index >= 15 is 0 Å². The van der Waals surface area contributed by atoms with E-state index in [1.165, 1.54) is 12.1 Å². The van der Waals surface area contributed by atoms with Crippen molar-refractivity contribution in [3.63, 3.8) is 0 Å². The van der Waals surface area contributed by atoms with Gasteiger partial charge < -0.3 is 14.8 Å². The fraction of sp³-hybridized carbons (Fsp3) is 0.0968. The van der Waals surface area contributed by atoms with E-state index in [1.54, 1.807) is 54.1 Å². The van der Waals surface area contributed by atoms with Gasteiger partial charge in [0.1, 0.15) is 18.1 Å². The first-order valence-electron chi connectivity index (χ1n) is 12.3. The van der Waals surface area contributed by atoms with Crippen LogP contribution in [0, 0.1) is 0 Å². The summed E-state index contributed by atoms with van der Waals surface area (Å²) >= 11 is 7.94. The number of pyridine rings is 1. The van der Waals surface area contributed by atoms with E-state index in [0.29, 0.717) is 22.9 Å². The predicted molar refractivity (Wildman–Crippen MR) is 153 cm³/mol. The highest BCUT2D eigenvalue weighted by molar-refractivity contribution is 7.14. The molecule has 3 aromatic carbocycles. The van der Waals surface area contributed by atoms with Crippen LogP contribution in [0.5, 0.6) is 11.5 Å². The summed E-state index contributed by atoms with van der Waals surface area (Å²) in [4.78, 5) is 17.7. The third-order valence-electron chi connectivity index (χ3n) is 6.03. The molecule has 0 unspecified atom stereocenters. The molecule has 0 saturated carbocycles. The fourth-order valence-corrected chi connectivity index (χ4v) is 5.16. The van der Waals surface area contributed by atoms with Crippen molar-refractivity contribution in [2.24, 2.45) is 0 Å². The Kier molecular flexibility index (Phi) is 8.68. The number of amides is 1. The quantitative estimate of drug-likeness (QED) is 0.182. The molecule has 40 heavy (non-hydrogen) atoms. The van der Waals surface area contributed by atoms with Gasteiger partial charge in [0.25, 0.3) is 5.91 Å². The maximum Gasteiger partial charge on any atom is 0.387 e. The molecular weight excluding hydrogens is 554 g/mol. The molecule has 0 aliphatic carbocycles. The minimum absolute atomic E-state index is 0.0887. The topological polar surface area (TPSA) is 60.5 Å². The van der Waals surface area contributed by atoms with Crippen molar-refractivity contribution in [2.75, 3.05) is 0 Å². The van der Waals surface area contributed by atoms with E-state index in [-0.39, 0.29) is 18.3 Å². The second kappa shape index (κ2) is 12.7. The van der Waals surface area contributed by atoms with Crippen molar-refractivity contribution >= 4 is 28.8 Å². The number of alkyl halides is 2. The van der Waals surface area contributed by atoms with Gasteiger partial charge in [0.05, 0.1) is 0 Å². The number of hydrogen-bond donors (Lipinski definition) is 1. The van der Waals surface area contributed by atoms with Crippen LogP contribution in [0.3, 0.4) is 0 Å². The molecule has 5 nitrogen and oxygen atoms in total. The number of nitrogens with zero attached hydrogens (tertiary/aromatic N) is 1.